The normalized spacial score (nSPS) is 11.2. The molecule has 0 heterocycles. The van der Waals surface area contributed by atoms with E-state index in [9.17, 15) is 13.5 Å². The lowest BCUT2D eigenvalue weighted by atomic mass is 10.3. The maximum absolute atomic E-state index is 12.0. The van der Waals surface area contributed by atoms with Crippen LogP contribution in [0.4, 0.5) is 5.69 Å². The third kappa shape index (κ3) is 2.75. The summed E-state index contributed by atoms with van der Waals surface area (Å²) in [6, 6.07) is 11.9. The highest BCUT2D eigenvalue weighted by atomic mass is 35.5. The summed E-state index contributed by atoms with van der Waals surface area (Å²) < 4.78 is 26.3. The van der Waals surface area contributed by atoms with Gasteiger partial charge in [-0.1, -0.05) is 23.7 Å². The van der Waals surface area contributed by atoms with Crippen molar-refractivity contribution in [2.24, 2.45) is 0 Å². The van der Waals surface area contributed by atoms with E-state index in [1.54, 1.807) is 12.1 Å². The number of nitrogens with one attached hydrogen (secondary N) is 1. The van der Waals surface area contributed by atoms with Gasteiger partial charge in [0.15, 0.2) is 0 Å². The summed E-state index contributed by atoms with van der Waals surface area (Å²) in [5.74, 6) is -0.130. The topological polar surface area (TPSA) is 66.4 Å². The Labute approximate surface area is 110 Å². The van der Waals surface area contributed by atoms with Gasteiger partial charge in [-0.15, -0.1) is 0 Å². The van der Waals surface area contributed by atoms with E-state index in [4.69, 9.17) is 11.6 Å². The standard InChI is InChI=1S/C12H10ClNO3S/c13-9-5-7-10(8-6-9)18(16,17)14-11-3-1-2-4-12(11)15/h1-8,14-15H. The molecular weight excluding hydrogens is 274 g/mol. The molecule has 0 saturated carbocycles. The first kappa shape index (κ1) is 12.7. The van der Waals surface area contributed by atoms with Crippen LogP contribution < -0.4 is 4.72 Å². The van der Waals surface area contributed by atoms with Crippen LogP contribution in [0.1, 0.15) is 0 Å². The second-order valence-corrected chi connectivity index (χ2v) is 5.70. The number of hydrogen-bond donors (Lipinski definition) is 2. The minimum atomic E-state index is -3.72. The molecule has 0 aliphatic rings. The molecule has 0 unspecified atom stereocenters. The maximum Gasteiger partial charge on any atom is 0.262 e. The fourth-order valence-electron chi connectivity index (χ4n) is 1.38. The summed E-state index contributed by atoms with van der Waals surface area (Å²) in [5, 5.41) is 9.97. The van der Waals surface area contributed by atoms with E-state index in [1.807, 2.05) is 0 Å². The van der Waals surface area contributed by atoms with E-state index in [0.29, 0.717) is 5.02 Å². The highest BCUT2D eigenvalue weighted by Gasteiger charge is 2.15. The van der Waals surface area contributed by atoms with Crippen molar-refractivity contribution in [3.05, 3.63) is 53.6 Å². The number of para-hydroxylation sites is 2. The molecule has 0 spiro atoms. The van der Waals surface area contributed by atoms with Gasteiger partial charge >= 0.3 is 0 Å². The molecule has 2 rings (SSSR count). The number of aromatic hydroxyl groups is 1. The van der Waals surface area contributed by atoms with Gasteiger partial charge in [0.2, 0.25) is 0 Å². The highest BCUT2D eigenvalue weighted by molar-refractivity contribution is 7.92. The van der Waals surface area contributed by atoms with Gasteiger partial charge in [-0.25, -0.2) is 8.42 Å². The number of benzene rings is 2. The smallest absolute Gasteiger partial charge is 0.262 e. The lowest BCUT2D eigenvalue weighted by Crippen LogP contribution is -2.12. The molecule has 0 atom stereocenters. The average Bonchev–Trinajstić information content (AvgIpc) is 2.32. The van der Waals surface area contributed by atoms with E-state index in [1.165, 1.54) is 36.4 Å². The number of anilines is 1. The van der Waals surface area contributed by atoms with Gasteiger partial charge in [-0.2, -0.15) is 0 Å². The second-order valence-electron chi connectivity index (χ2n) is 3.58. The number of halogens is 1. The molecule has 18 heavy (non-hydrogen) atoms. The Morgan fingerprint density at radius 2 is 1.61 bits per heavy atom. The fraction of sp³-hybridized carbons (Fsp3) is 0. The Morgan fingerprint density at radius 1 is 1.00 bits per heavy atom. The van der Waals surface area contributed by atoms with Gasteiger partial charge in [-0.3, -0.25) is 4.72 Å². The van der Waals surface area contributed by atoms with Crippen molar-refractivity contribution in [3.8, 4) is 5.75 Å². The van der Waals surface area contributed by atoms with Crippen molar-refractivity contribution >= 4 is 27.3 Å². The number of hydrogen-bond acceptors (Lipinski definition) is 3. The Kier molecular flexibility index (Phi) is 3.45. The number of sulfonamides is 1. The predicted molar refractivity (Wildman–Crippen MR) is 70.4 cm³/mol. The number of rotatable bonds is 3. The minimum Gasteiger partial charge on any atom is -0.506 e. The molecule has 2 N–H and O–H groups in total. The van der Waals surface area contributed by atoms with Gasteiger partial charge in [0, 0.05) is 5.02 Å². The van der Waals surface area contributed by atoms with Crippen LogP contribution in [0.2, 0.25) is 5.02 Å². The lowest BCUT2D eigenvalue weighted by molar-refractivity contribution is 0.477. The molecule has 0 amide bonds. The molecular formula is C12H10ClNO3S. The summed E-state index contributed by atoms with van der Waals surface area (Å²) in [5.41, 5.74) is 0.132. The van der Waals surface area contributed by atoms with Gasteiger partial charge < -0.3 is 5.11 Å². The van der Waals surface area contributed by atoms with Crippen molar-refractivity contribution in [1.82, 2.24) is 0 Å². The van der Waals surface area contributed by atoms with Crippen LogP contribution in [0.15, 0.2) is 53.4 Å². The first-order valence-corrected chi connectivity index (χ1v) is 6.91. The molecule has 0 aromatic heterocycles. The van der Waals surface area contributed by atoms with Gasteiger partial charge in [-0.05, 0) is 36.4 Å². The van der Waals surface area contributed by atoms with Crippen LogP contribution >= 0.6 is 11.6 Å². The number of phenolic OH excluding ortho intramolecular Hbond substituents is 1. The summed E-state index contributed by atoms with van der Waals surface area (Å²) in [6.45, 7) is 0. The Morgan fingerprint density at radius 3 is 2.22 bits per heavy atom. The molecule has 2 aromatic rings. The monoisotopic (exact) mass is 283 g/mol. The SMILES string of the molecule is O=S(=O)(Nc1ccccc1O)c1ccc(Cl)cc1. The summed E-state index contributed by atoms with van der Waals surface area (Å²) in [6.07, 6.45) is 0. The third-order valence-electron chi connectivity index (χ3n) is 2.27. The first-order valence-electron chi connectivity index (χ1n) is 5.05. The van der Waals surface area contributed by atoms with Crippen LogP contribution in [0, 0.1) is 0 Å². The van der Waals surface area contributed by atoms with Gasteiger partial charge in [0.25, 0.3) is 10.0 Å². The number of phenols is 1. The van der Waals surface area contributed by atoms with Crippen molar-refractivity contribution < 1.29 is 13.5 Å². The molecule has 0 fully saturated rings. The fourth-order valence-corrected chi connectivity index (χ4v) is 2.58. The van der Waals surface area contributed by atoms with E-state index < -0.39 is 10.0 Å². The molecule has 94 valence electrons. The third-order valence-corrected chi connectivity index (χ3v) is 3.91. The summed E-state index contributed by atoms with van der Waals surface area (Å²) in [7, 11) is -3.72. The zero-order valence-electron chi connectivity index (χ0n) is 9.17. The highest BCUT2D eigenvalue weighted by Crippen LogP contribution is 2.25. The molecule has 0 saturated heterocycles. The summed E-state index contributed by atoms with van der Waals surface area (Å²) in [4.78, 5) is 0.0788. The van der Waals surface area contributed by atoms with E-state index in [2.05, 4.69) is 4.72 Å². The molecule has 4 nitrogen and oxygen atoms in total. The van der Waals surface area contributed by atoms with Crippen molar-refractivity contribution in [1.29, 1.82) is 0 Å². The van der Waals surface area contributed by atoms with Crippen molar-refractivity contribution in [2.75, 3.05) is 4.72 Å². The van der Waals surface area contributed by atoms with Crippen LogP contribution in [0.5, 0.6) is 5.75 Å². The quantitative estimate of drug-likeness (QED) is 0.851. The van der Waals surface area contributed by atoms with Crippen LogP contribution in [0.25, 0.3) is 0 Å². The zero-order valence-corrected chi connectivity index (χ0v) is 10.7. The van der Waals surface area contributed by atoms with Gasteiger partial charge in [0.05, 0.1) is 10.6 Å². The Bertz CT molecular complexity index is 653. The van der Waals surface area contributed by atoms with Crippen LogP contribution in [-0.4, -0.2) is 13.5 Å². The molecule has 0 radical (unpaired) electrons. The molecule has 0 aliphatic carbocycles. The predicted octanol–water partition coefficient (Wildman–Crippen LogP) is 2.85. The first-order chi connectivity index (χ1) is 8.49. The molecule has 0 aliphatic heterocycles. The Hall–Kier alpha value is -1.72. The second kappa shape index (κ2) is 4.88. The van der Waals surface area contributed by atoms with Gasteiger partial charge in [0.1, 0.15) is 5.75 Å². The average molecular weight is 284 g/mol. The Balaban J connectivity index is 2.33. The van der Waals surface area contributed by atoms with E-state index in [-0.39, 0.29) is 16.3 Å². The van der Waals surface area contributed by atoms with Crippen molar-refractivity contribution in [3.63, 3.8) is 0 Å². The largest absolute Gasteiger partial charge is 0.506 e. The molecule has 0 bridgehead atoms. The van der Waals surface area contributed by atoms with Crippen LogP contribution in [-0.2, 0) is 10.0 Å². The lowest BCUT2D eigenvalue weighted by Gasteiger charge is -2.09. The molecule has 6 heteroatoms. The maximum atomic E-state index is 12.0. The van der Waals surface area contributed by atoms with E-state index in [0.717, 1.165) is 0 Å². The molecule has 2 aromatic carbocycles. The van der Waals surface area contributed by atoms with E-state index >= 15 is 0 Å². The minimum absolute atomic E-state index is 0.0788. The zero-order chi connectivity index (χ0) is 13.2. The van der Waals surface area contributed by atoms with Crippen molar-refractivity contribution in [2.45, 2.75) is 4.90 Å². The summed E-state index contributed by atoms with van der Waals surface area (Å²) >= 11 is 5.69. The van der Waals surface area contributed by atoms with Crippen LogP contribution in [0.3, 0.4) is 0 Å².